The number of aromatic nitrogens is 4. The Hall–Kier alpha value is -2.80. The van der Waals surface area contributed by atoms with Gasteiger partial charge in [-0.3, -0.25) is 4.79 Å². The Balaban J connectivity index is 1.74. The van der Waals surface area contributed by atoms with E-state index in [0.29, 0.717) is 17.2 Å². The fraction of sp³-hybridized carbons (Fsp3) is 0.250. The highest BCUT2D eigenvalue weighted by atomic mass is 16.5. The van der Waals surface area contributed by atoms with Gasteiger partial charge in [0, 0.05) is 6.07 Å². The largest absolute Gasteiger partial charge is 0.332 e. The molecule has 23 heavy (non-hydrogen) atoms. The summed E-state index contributed by atoms with van der Waals surface area (Å²) in [4.78, 5) is 16.4. The van der Waals surface area contributed by atoms with Crippen LogP contribution in [0.1, 0.15) is 25.1 Å². The molecule has 2 heterocycles. The van der Waals surface area contributed by atoms with Gasteiger partial charge in [0.15, 0.2) is 5.82 Å². The first-order valence-electron chi connectivity index (χ1n) is 7.45. The Morgan fingerprint density at radius 3 is 2.61 bits per heavy atom. The normalized spacial score (nSPS) is 16.0. The fourth-order valence-electron chi connectivity index (χ4n) is 2.59. The smallest absolute Gasteiger partial charge is 0.278 e. The van der Waals surface area contributed by atoms with E-state index in [1.165, 1.54) is 10.7 Å². The van der Waals surface area contributed by atoms with Crippen molar-refractivity contribution in [3.05, 3.63) is 58.6 Å². The van der Waals surface area contributed by atoms with Crippen LogP contribution in [0.2, 0.25) is 0 Å². The molecule has 1 aromatic carbocycles. The molecule has 3 aromatic rings. The average Bonchev–Trinajstić information content (AvgIpc) is 3.04. The maximum atomic E-state index is 12.0. The molecule has 0 bridgehead atoms. The zero-order valence-corrected chi connectivity index (χ0v) is 12.3. The summed E-state index contributed by atoms with van der Waals surface area (Å²) in [6.07, 6.45) is 2.77. The molecule has 0 amide bonds. The number of nitrogens with zero attached hydrogens (tertiary/aromatic N) is 4. The molecule has 4 rings (SSSR count). The summed E-state index contributed by atoms with van der Waals surface area (Å²) in [5.41, 5.74) is 6.60. The molecular formula is C16H15N5O2. The number of benzene rings is 1. The average molecular weight is 309 g/mol. The molecule has 2 aromatic heterocycles. The number of rotatable bonds is 3. The van der Waals surface area contributed by atoms with Gasteiger partial charge >= 0.3 is 0 Å². The second-order valence-corrected chi connectivity index (χ2v) is 5.74. The highest BCUT2D eigenvalue weighted by molar-refractivity contribution is 5.46. The van der Waals surface area contributed by atoms with E-state index >= 15 is 0 Å². The van der Waals surface area contributed by atoms with E-state index in [4.69, 9.17) is 10.3 Å². The Morgan fingerprint density at radius 2 is 1.91 bits per heavy atom. The summed E-state index contributed by atoms with van der Waals surface area (Å²) < 4.78 is 6.59. The van der Waals surface area contributed by atoms with Crippen LogP contribution in [-0.4, -0.2) is 19.9 Å². The van der Waals surface area contributed by atoms with Crippen molar-refractivity contribution in [1.29, 1.82) is 0 Å². The molecule has 7 heteroatoms. The predicted octanol–water partition coefficient (Wildman–Crippen LogP) is 1.62. The van der Waals surface area contributed by atoms with Crippen molar-refractivity contribution in [2.24, 2.45) is 5.73 Å². The highest BCUT2D eigenvalue weighted by Gasteiger charge is 2.39. The van der Waals surface area contributed by atoms with E-state index in [2.05, 4.69) is 15.2 Å². The topological polar surface area (TPSA) is 99.8 Å². The summed E-state index contributed by atoms with van der Waals surface area (Å²) in [5.74, 6) is 0.763. The van der Waals surface area contributed by atoms with Crippen LogP contribution < -0.4 is 11.3 Å². The second kappa shape index (κ2) is 5.13. The van der Waals surface area contributed by atoms with Gasteiger partial charge in [-0.25, -0.2) is 0 Å². The Kier molecular flexibility index (Phi) is 3.09. The lowest BCUT2D eigenvalue weighted by molar-refractivity contribution is 0.229. The number of hydrogen-bond acceptors (Lipinski definition) is 6. The van der Waals surface area contributed by atoms with Crippen molar-refractivity contribution < 1.29 is 4.52 Å². The molecule has 7 nitrogen and oxygen atoms in total. The van der Waals surface area contributed by atoms with Gasteiger partial charge in [-0.2, -0.15) is 14.8 Å². The van der Waals surface area contributed by atoms with E-state index in [1.54, 1.807) is 18.2 Å². The lowest BCUT2D eigenvalue weighted by atomic mass is 9.77. The second-order valence-electron chi connectivity index (χ2n) is 5.74. The van der Waals surface area contributed by atoms with Crippen LogP contribution in [0.4, 0.5) is 0 Å². The van der Waals surface area contributed by atoms with E-state index in [1.807, 2.05) is 18.2 Å². The zero-order valence-electron chi connectivity index (χ0n) is 12.3. The minimum absolute atomic E-state index is 0.228. The molecule has 1 aliphatic carbocycles. The Morgan fingerprint density at radius 1 is 1.13 bits per heavy atom. The summed E-state index contributed by atoms with van der Waals surface area (Å²) >= 11 is 0. The van der Waals surface area contributed by atoms with Gasteiger partial charge in [-0.05, 0) is 37.5 Å². The lowest BCUT2D eigenvalue weighted by Gasteiger charge is -2.34. The summed E-state index contributed by atoms with van der Waals surface area (Å²) in [6, 6.07) is 12.2. The highest BCUT2D eigenvalue weighted by Crippen LogP contribution is 2.37. The van der Waals surface area contributed by atoms with E-state index in [0.717, 1.165) is 19.3 Å². The van der Waals surface area contributed by atoms with E-state index < -0.39 is 5.54 Å². The minimum Gasteiger partial charge on any atom is -0.332 e. The molecule has 116 valence electrons. The van der Waals surface area contributed by atoms with Crippen LogP contribution in [0.15, 0.2) is 51.8 Å². The van der Waals surface area contributed by atoms with Crippen LogP contribution in [0.3, 0.4) is 0 Å². The van der Waals surface area contributed by atoms with Crippen molar-refractivity contribution in [2.45, 2.75) is 24.8 Å². The van der Waals surface area contributed by atoms with Gasteiger partial charge in [0.1, 0.15) is 5.69 Å². The third-order valence-corrected chi connectivity index (χ3v) is 4.14. The molecule has 2 N–H and O–H groups in total. The molecule has 0 aliphatic heterocycles. The fourth-order valence-corrected chi connectivity index (χ4v) is 2.59. The first-order valence-corrected chi connectivity index (χ1v) is 7.45. The SMILES string of the molecule is NC1(c2noc(-c3ccc(=O)n(-c4ccccc4)n3)n2)CCC1. The molecule has 1 aliphatic rings. The minimum atomic E-state index is -0.490. The van der Waals surface area contributed by atoms with Gasteiger partial charge in [0.25, 0.3) is 11.4 Å². The maximum Gasteiger partial charge on any atom is 0.278 e. The Bertz CT molecular complexity index is 896. The third-order valence-electron chi connectivity index (χ3n) is 4.14. The van der Waals surface area contributed by atoms with Crippen molar-refractivity contribution in [1.82, 2.24) is 19.9 Å². The number of nitrogens with two attached hydrogens (primary N) is 1. The van der Waals surface area contributed by atoms with E-state index in [-0.39, 0.29) is 11.4 Å². The van der Waals surface area contributed by atoms with Crippen LogP contribution >= 0.6 is 0 Å². The predicted molar refractivity (Wildman–Crippen MR) is 82.8 cm³/mol. The monoisotopic (exact) mass is 309 g/mol. The molecule has 0 radical (unpaired) electrons. The van der Waals surface area contributed by atoms with Crippen LogP contribution in [0.5, 0.6) is 0 Å². The standard InChI is InChI=1S/C16H15N5O2/c17-16(9-4-10-16)15-18-14(23-20-15)12-7-8-13(22)21(19-12)11-5-2-1-3-6-11/h1-3,5-8H,4,9-10,17H2. The van der Waals surface area contributed by atoms with Crippen LogP contribution in [-0.2, 0) is 5.54 Å². The lowest BCUT2D eigenvalue weighted by Crippen LogP contribution is -2.44. The van der Waals surface area contributed by atoms with Gasteiger partial charge in [0.05, 0.1) is 11.2 Å². The molecule has 0 unspecified atom stereocenters. The molecular weight excluding hydrogens is 294 g/mol. The molecule has 0 atom stereocenters. The maximum absolute atomic E-state index is 12.0. The van der Waals surface area contributed by atoms with Gasteiger partial charge < -0.3 is 10.3 Å². The van der Waals surface area contributed by atoms with Crippen LogP contribution in [0.25, 0.3) is 17.3 Å². The first kappa shape index (κ1) is 13.8. The van der Waals surface area contributed by atoms with Gasteiger partial charge in [0.2, 0.25) is 0 Å². The summed E-state index contributed by atoms with van der Waals surface area (Å²) in [5, 5.41) is 8.29. The van der Waals surface area contributed by atoms with Crippen molar-refractivity contribution in [3.63, 3.8) is 0 Å². The zero-order chi connectivity index (χ0) is 15.9. The molecule has 1 saturated carbocycles. The van der Waals surface area contributed by atoms with Crippen molar-refractivity contribution in [3.8, 4) is 17.3 Å². The molecule has 0 spiro atoms. The summed E-state index contributed by atoms with van der Waals surface area (Å²) in [6.45, 7) is 0. The number of hydrogen-bond donors (Lipinski definition) is 1. The Labute approximate surface area is 131 Å². The van der Waals surface area contributed by atoms with Crippen molar-refractivity contribution in [2.75, 3.05) is 0 Å². The van der Waals surface area contributed by atoms with Gasteiger partial charge in [-0.15, -0.1) is 0 Å². The third kappa shape index (κ3) is 2.35. The molecule has 1 fully saturated rings. The van der Waals surface area contributed by atoms with Crippen molar-refractivity contribution >= 4 is 0 Å². The number of para-hydroxylation sites is 1. The first-order chi connectivity index (χ1) is 11.2. The molecule has 0 saturated heterocycles. The quantitative estimate of drug-likeness (QED) is 0.789. The van der Waals surface area contributed by atoms with E-state index in [9.17, 15) is 4.79 Å². The van der Waals surface area contributed by atoms with Crippen LogP contribution in [0, 0.1) is 0 Å². The van der Waals surface area contributed by atoms with Gasteiger partial charge in [-0.1, -0.05) is 23.4 Å². The summed E-state index contributed by atoms with van der Waals surface area (Å²) in [7, 11) is 0.